The molecule has 1 aromatic rings. The highest BCUT2D eigenvalue weighted by atomic mass is 79.9. The lowest BCUT2D eigenvalue weighted by molar-refractivity contribution is 0.108. The molecule has 4 heteroatoms. The molecule has 0 heterocycles. The molecule has 0 aromatic heterocycles. The molecule has 0 aliphatic rings. The van der Waals surface area contributed by atoms with Gasteiger partial charge in [-0.05, 0) is 40.4 Å². The summed E-state index contributed by atoms with van der Waals surface area (Å²) in [5.41, 5.74) is 0.928. The fourth-order valence-electron chi connectivity index (χ4n) is 1.66. The van der Waals surface area contributed by atoms with Gasteiger partial charge in [0.05, 0.1) is 11.1 Å². The van der Waals surface area contributed by atoms with Crippen LogP contribution in [0.15, 0.2) is 22.7 Å². The van der Waals surface area contributed by atoms with Crippen LogP contribution in [0.2, 0.25) is 0 Å². The molecule has 1 rings (SSSR count). The highest BCUT2D eigenvalue weighted by molar-refractivity contribution is 9.10. The first-order valence-electron chi connectivity index (χ1n) is 6.30. The smallest absolute Gasteiger partial charge is 0.137 e. The van der Waals surface area contributed by atoms with Gasteiger partial charge in [0.25, 0.3) is 0 Å². The van der Waals surface area contributed by atoms with Crippen molar-refractivity contribution in [2.75, 3.05) is 13.2 Å². The first-order valence-corrected chi connectivity index (χ1v) is 7.09. The van der Waals surface area contributed by atoms with Crippen molar-refractivity contribution in [1.29, 1.82) is 0 Å². The summed E-state index contributed by atoms with van der Waals surface area (Å²) in [6.45, 7) is 8.32. The van der Waals surface area contributed by atoms with E-state index in [-0.39, 0.29) is 11.9 Å². The van der Waals surface area contributed by atoms with E-state index in [9.17, 15) is 4.39 Å². The third-order valence-corrected chi connectivity index (χ3v) is 3.78. The maximum absolute atomic E-state index is 13.4. The molecular weight excluding hydrogens is 297 g/mol. The van der Waals surface area contributed by atoms with Gasteiger partial charge in [-0.2, -0.15) is 0 Å². The Labute approximate surface area is 117 Å². The van der Waals surface area contributed by atoms with E-state index in [1.54, 1.807) is 6.07 Å². The van der Waals surface area contributed by atoms with E-state index in [1.807, 2.05) is 13.0 Å². The Kier molecular flexibility index (Phi) is 6.82. The van der Waals surface area contributed by atoms with E-state index in [0.717, 1.165) is 5.56 Å². The maximum atomic E-state index is 13.4. The molecular formula is C14H21BrFNO. The predicted molar refractivity (Wildman–Crippen MR) is 76.1 cm³/mol. The number of benzene rings is 1. The lowest BCUT2D eigenvalue weighted by atomic mass is 10.0. The summed E-state index contributed by atoms with van der Waals surface area (Å²) in [7, 11) is 0. The van der Waals surface area contributed by atoms with Crippen molar-refractivity contribution in [2.45, 2.75) is 33.4 Å². The van der Waals surface area contributed by atoms with Crippen molar-refractivity contribution in [1.82, 2.24) is 5.32 Å². The molecule has 1 unspecified atom stereocenters. The number of hydrogen-bond acceptors (Lipinski definition) is 2. The van der Waals surface area contributed by atoms with E-state index in [0.29, 0.717) is 30.1 Å². The predicted octanol–water partition coefficient (Wildman–Crippen LogP) is 3.74. The minimum absolute atomic E-state index is 0.222. The van der Waals surface area contributed by atoms with Crippen molar-refractivity contribution < 1.29 is 9.13 Å². The molecule has 1 aromatic carbocycles. The van der Waals surface area contributed by atoms with Gasteiger partial charge in [-0.1, -0.05) is 26.0 Å². The monoisotopic (exact) mass is 317 g/mol. The molecule has 0 aliphatic heterocycles. The summed E-state index contributed by atoms with van der Waals surface area (Å²) in [6.07, 6.45) is 0. The van der Waals surface area contributed by atoms with Crippen LogP contribution in [0.1, 0.15) is 26.3 Å². The van der Waals surface area contributed by atoms with Gasteiger partial charge in [0.1, 0.15) is 5.82 Å². The first kappa shape index (κ1) is 15.6. The summed E-state index contributed by atoms with van der Waals surface area (Å²) < 4.78 is 19.4. The average Bonchev–Trinajstić information content (AvgIpc) is 2.33. The molecule has 102 valence electrons. The van der Waals surface area contributed by atoms with Gasteiger partial charge < -0.3 is 10.1 Å². The molecule has 0 bridgehead atoms. The molecule has 0 spiro atoms. The summed E-state index contributed by atoms with van der Waals surface area (Å²) in [4.78, 5) is 0. The molecule has 0 aliphatic carbocycles. The molecule has 0 fully saturated rings. The van der Waals surface area contributed by atoms with Crippen molar-refractivity contribution in [3.63, 3.8) is 0 Å². The zero-order valence-electron chi connectivity index (χ0n) is 11.2. The van der Waals surface area contributed by atoms with Crippen LogP contribution in [-0.4, -0.2) is 19.3 Å². The number of ether oxygens (including phenoxy) is 1. The van der Waals surface area contributed by atoms with Crippen LogP contribution >= 0.6 is 15.9 Å². The highest BCUT2D eigenvalue weighted by Gasteiger charge is 2.14. The van der Waals surface area contributed by atoms with Crippen molar-refractivity contribution in [3.8, 4) is 0 Å². The van der Waals surface area contributed by atoms with Gasteiger partial charge in [0.15, 0.2) is 0 Å². The standard InChI is InChI=1S/C14H21BrFNO/c1-4-18-9-13(10(2)3)17-8-11-6-5-7-12(16)14(11)15/h5-7,10,13,17H,4,8-9H2,1-3H3. The van der Waals surface area contributed by atoms with Crippen LogP contribution in [0.5, 0.6) is 0 Å². The summed E-state index contributed by atoms with van der Waals surface area (Å²) in [5.74, 6) is 0.254. The fourth-order valence-corrected chi connectivity index (χ4v) is 2.06. The second kappa shape index (κ2) is 7.87. The molecule has 18 heavy (non-hydrogen) atoms. The van der Waals surface area contributed by atoms with E-state index >= 15 is 0 Å². The Morgan fingerprint density at radius 1 is 1.39 bits per heavy atom. The van der Waals surface area contributed by atoms with Crippen LogP contribution in [0.4, 0.5) is 4.39 Å². The van der Waals surface area contributed by atoms with Crippen LogP contribution < -0.4 is 5.32 Å². The molecule has 1 atom stereocenters. The zero-order chi connectivity index (χ0) is 13.5. The largest absolute Gasteiger partial charge is 0.380 e. The van der Waals surface area contributed by atoms with E-state index in [2.05, 4.69) is 35.1 Å². The molecule has 2 nitrogen and oxygen atoms in total. The van der Waals surface area contributed by atoms with Gasteiger partial charge in [-0.25, -0.2) is 4.39 Å². The zero-order valence-corrected chi connectivity index (χ0v) is 12.8. The van der Waals surface area contributed by atoms with Crippen molar-refractivity contribution >= 4 is 15.9 Å². The first-order chi connectivity index (χ1) is 8.56. The van der Waals surface area contributed by atoms with E-state index in [1.165, 1.54) is 6.07 Å². The van der Waals surface area contributed by atoms with Gasteiger partial charge in [0.2, 0.25) is 0 Å². The van der Waals surface area contributed by atoms with Gasteiger partial charge in [0, 0.05) is 19.2 Å². The summed E-state index contributed by atoms with van der Waals surface area (Å²) >= 11 is 3.27. The number of hydrogen-bond donors (Lipinski definition) is 1. The topological polar surface area (TPSA) is 21.3 Å². The van der Waals surface area contributed by atoms with Crippen LogP contribution in [0.25, 0.3) is 0 Å². The maximum Gasteiger partial charge on any atom is 0.137 e. The van der Waals surface area contributed by atoms with Crippen LogP contribution in [0, 0.1) is 11.7 Å². The highest BCUT2D eigenvalue weighted by Crippen LogP contribution is 2.20. The number of nitrogens with one attached hydrogen (secondary N) is 1. The van der Waals surface area contributed by atoms with E-state index < -0.39 is 0 Å². The van der Waals surface area contributed by atoms with Crippen molar-refractivity contribution in [3.05, 3.63) is 34.1 Å². The second-order valence-electron chi connectivity index (χ2n) is 4.60. The third kappa shape index (κ3) is 4.67. The van der Waals surface area contributed by atoms with Gasteiger partial charge in [-0.3, -0.25) is 0 Å². The summed E-state index contributed by atoms with van der Waals surface area (Å²) in [5, 5.41) is 3.42. The molecule has 1 N–H and O–H groups in total. The SMILES string of the molecule is CCOCC(NCc1cccc(F)c1Br)C(C)C. The fraction of sp³-hybridized carbons (Fsp3) is 0.571. The molecule has 0 amide bonds. The van der Waals surface area contributed by atoms with Crippen molar-refractivity contribution in [2.24, 2.45) is 5.92 Å². The Balaban J connectivity index is 2.58. The number of rotatable bonds is 7. The number of halogens is 2. The molecule has 0 saturated carbocycles. The Morgan fingerprint density at radius 2 is 2.11 bits per heavy atom. The normalized spacial score (nSPS) is 13.0. The Morgan fingerprint density at radius 3 is 2.72 bits per heavy atom. The lowest BCUT2D eigenvalue weighted by Crippen LogP contribution is -2.37. The van der Waals surface area contributed by atoms with Gasteiger partial charge >= 0.3 is 0 Å². The van der Waals surface area contributed by atoms with Crippen LogP contribution in [0.3, 0.4) is 0 Å². The van der Waals surface area contributed by atoms with Crippen LogP contribution in [-0.2, 0) is 11.3 Å². The quantitative estimate of drug-likeness (QED) is 0.827. The lowest BCUT2D eigenvalue weighted by Gasteiger charge is -2.22. The Bertz CT molecular complexity index is 371. The van der Waals surface area contributed by atoms with E-state index in [4.69, 9.17) is 4.74 Å². The summed E-state index contributed by atoms with van der Waals surface area (Å²) in [6, 6.07) is 5.37. The minimum Gasteiger partial charge on any atom is -0.380 e. The Hall–Kier alpha value is -0.450. The van der Waals surface area contributed by atoms with Gasteiger partial charge in [-0.15, -0.1) is 0 Å². The molecule has 0 saturated heterocycles. The second-order valence-corrected chi connectivity index (χ2v) is 5.40. The third-order valence-electron chi connectivity index (χ3n) is 2.89. The average molecular weight is 318 g/mol. The minimum atomic E-state index is -0.222. The molecule has 0 radical (unpaired) electrons.